The summed E-state index contributed by atoms with van der Waals surface area (Å²) >= 11 is 0. The van der Waals surface area contributed by atoms with Gasteiger partial charge < -0.3 is 0 Å². The summed E-state index contributed by atoms with van der Waals surface area (Å²) in [6.07, 6.45) is 0. The molecule has 19 heavy (non-hydrogen) atoms. The van der Waals surface area contributed by atoms with Crippen molar-refractivity contribution in [2.24, 2.45) is 0 Å². The molecule has 1 heteroatoms. The molecule has 0 atom stereocenters. The first-order valence-corrected chi connectivity index (χ1v) is 7.07. The third kappa shape index (κ3) is 3.04. The summed E-state index contributed by atoms with van der Waals surface area (Å²) in [4.78, 5) is 4.77. The van der Waals surface area contributed by atoms with E-state index in [1.807, 2.05) is 0 Å². The van der Waals surface area contributed by atoms with Gasteiger partial charge in [0.05, 0.1) is 5.69 Å². The van der Waals surface area contributed by atoms with Gasteiger partial charge in [-0.15, -0.1) is 0 Å². The minimum Gasteiger partial charge on any atom is -0.253 e. The topological polar surface area (TPSA) is 12.9 Å². The molecule has 0 spiro atoms. The standard InChI is InChI=1S/C18H23N/c1-12(2)15-7-6-8-16(11-15)18-17(13(3)4)10-9-14(5)19-18/h6-13H,1-5H3. The zero-order valence-corrected chi connectivity index (χ0v) is 12.6. The van der Waals surface area contributed by atoms with E-state index in [1.165, 1.54) is 16.7 Å². The molecule has 1 nitrogen and oxygen atoms in total. The first kappa shape index (κ1) is 13.8. The number of nitrogens with zero attached hydrogens (tertiary/aromatic N) is 1. The van der Waals surface area contributed by atoms with Crippen molar-refractivity contribution >= 4 is 0 Å². The van der Waals surface area contributed by atoms with E-state index < -0.39 is 0 Å². The zero-order chi connectivity index (χ0) is 14.0. The fraction of sp³-hybridized carbons (Fsp3) is 0.389. The molecule has 0 aliphatic heterocycles. The van der Waals surface area contributed by atoms with Crippen molar-refractivity contribution in [1.29, 1.82) is 0 Å². The van der Waals surface area contributed by atoms with Crippen LogP contribution in [0.2, 0.25) is 0 Å². The third-order valence-electron chi connectivity index (χ3n) is 3.51. The van der Waals surface area contributed by atoms with E-state index in [1.54, 1.807) is 0 Å². The van der Waals surface area contributed by atoms with Crippen LogP contribution in [0.4, 0.5) is 0 Å². The monoisotopic (exact) mass is 253 g/mol. The Hall–Kier alpha value is -1.63. The molecule has 0 fully saturated rings. The minimum absolute atomic E-state index is 0.491. The predicted octanol–water partition coefficient (Wildman–Crippen LogP) is 5.30. The first-order chi connectivity index (χ1) is 8.99. The molecule has 0 aliphatic carbocycles. The highest BCUT2D eigenvalue weighted by Gasteiger charge is 2.11. The van der Waals surface area contributed by atoms with Crippen LogP contribution in [0.25, 0.3) is 11.3 Å². The van der Waals surface area contributed by atoms with Gasteiger partial charge in [0.1, 0.15) is 0 Å². The highest BCUT2D eigenvalue weighted by molar-refractivity contribution is 5.65. The average Bonchev–Trinajstić information content (AvgIpc) is 2.38. The summed E-state index contributed by atoms with van der Waals surface area (Å²) < 4.78 is 0. The molecule has 2 aromatic rings. The maximum Gasteiger partial charge on any atom is 0.0739 e. The largest absolute Gasteiger partial charge is 0.253 e. The minimum atomic E-state index is 0.491. The maximum absolute atomic E-state index is 4.77. The summed E-state index contributed by atoms with van der Waals surface area (Å²) in [5, 5.41) is 0. The van der Waals surface area contributed by atoms with Crippen LogP contribution in [0.5, 0.6) is 0 Å². The lowest BCUT2D eigenvalue weighted by Gasteiger charge is -2.14. The highest BCUT2D eigenvalue weighted by atomic mass is 14.7. The summed E-state index contributed by atoms with van der Waals surface area (Å²) in [6.45, 7) is 11.0. The molecule has 2 rings (SSSR count). The Morgan fingerprint density at radius 3 is 2.26 bits per heavy atom. The van der Waals surface area contributed by atoms with Gasteiger partial charge in [0.15, 0.2) is 0 Å². The third-order valence-corrected chi connectivity index (χ3v) is 3.51. The molecule has 1 aromatic carbocycles. The van der Waals surface area contributed by atoms with Crippen LogP contribution in [0.15, 0.2) is 36.4 Å². The van der Waals surface area contributed by atoms with E-state index in [2.05, 4.69) is 71.0 Å². The van der Waals surface area contributed by atoms with Crippen LogP contribution >= 0.6 is 0 Å². The molecule has 0 amide bonds. The lowest BCUT2D eigenvalue weighted by Crippen LogP contribution is -1.98. The number of benzene rings is 1. The van der Waals surface area contributed by atoms with Crippen molar-refractivity contribution in [3.8, 4) is 11.3 Å². The summed E-state index contributed by atoms with van der Waals surface area (Å²) in [5.74, 6) is 1.04. The van der Waals surface area contributed by atoms with Crippen molar-refractivity contribution in [3.63, 3.8) is 0 Å². The number of hydrogen-bond donors (Lipinski definition) is 0. The molecule has 0 N–H and O–H groups in total. The van der Waals surface area contributed by atoms with Gasteiger partial charge in [-0.05, 0) is 42.0 Å². The second kappa shape index (κ2) is 5.56. The number of hydrogen-bond acceptors (Lipinski definition) is 1. The van der Waals surface area contributed by atoms with E-state index in [0.717, 1.165) is 11.4 Å². The van der Waals surface area contributed by atoms with Crippen LogP contribution in [0, 0.1) is 6.92 Å². The summed E-state index contributed by atoms with van der Waals surface area (Å²) in [7, 11) is 0. The van der Waals surface area contributed by atoms with Crippen LogP contribution < -0.4 is 0 Å². The molecule has 0 radical (unpaired) electrons. The van der Waals surface area contributed by atoms with Crippen LogP contribution in [0.3, 0.4) is 0 Å². The molecule has 0 unspecified atom stereocenters. The average molecular weight is 253 g/mol. The Kier molecular flexibility index (Phi) is 4.04. The van der Waals surface area contributed by atoms with Crippen molar-refractivity contribution < 1.29 is 0 Å². The normalized spacial score (nSPS) is 11.3. The Morgan fingerprint density at radius 1 is 0.895 bits per heavy atom. The second-order valence-corrected chi connectivity index (χ2v) is 5.83. The van der Waals surface area contributed by atoms with Gasteiger partial charge in [0.2, 0.25) is 0 Å². The molecule has 0 bridgehead atoms. The van der Waals surface area contributed by atoms with Crippen molar-refractivity contribution in [2.45, 2.75) is 46.5 Å². The van der Waals surface area contributed by atoms with E-state index >= 15 is 0 Å². The van der Waals surface area contributed by atoms with Crippen molar-refractivity contribution in [3.05, 3.63) is 53.2 Å². The summed E-state index contributed by atoms with van der Waals surface area (Å²) in [6, 6.07) is 13.1. The predicted molar refractivity (Wildman–Crippen MR) is 82.6 cm³/mol. The SMILES string of the molecule is Cc1ccc(C(C)C)c(-c2cccc(C(C)C)c2)n1. The van der Waals surface area contributed by atoms with Gasteiger partial charge >= 0.3 is 0 Å². The lowest BCUT2D eigenvalue weighted by molar-refractivity contribution is 0.856. The van der Waals surface area contributed by atoms with Gasteiger partial charge in [-0.3, -0.25) is 4.98 Å². The van der Waals surface area contributed by atoms with E-state index in [0.29, 0.717) is 11.8 Å². The Balaban J connectivity index is 2.57. The molecule has 0 aliphatic rings. The quantitative estimate of drug-likeness (QED) is 0.723. The zero-order valence-electron chi connectivity index (χ0n) is 12.6. The molecular weight excluding hydrogens is 230 g/mol. The Bertz CT molecular complexity index is 568. The van der Waals surface area contributed by atoms with Crippen LogP contribution in [-0.2, 0) is 0 Å². The highest BCUT2D eigenvalue weighted by Crippen LogP contribution is 2.29. The van der Waals surface area contributed by atoms with Crippen molar-refractivity contribution in [1.82, 2.24) is 4.98 Å². The molecule has 1 heterocycles. The summed E-state index contributed by atoms with van der Waals surface area (Å²) in [5.41, 5.74) is 6.15. The van der Waals surface area contributed by atoms with E-state index in [-0.39, 0.29) is 0 Å². The van der Waals surface area contributed by atoms with Gasteiger partial charge in [-0.1, -0.05) is 52.0 Å². The van der Waals surface area contributed by atoms with Gasteiger partial charge in [0.25, 0.3) is 0 Å². The number of aryl methyl sites for hydroxylation is 1. The number of pyridine rings is 1. The van der Waals surface area contributed by atoms with Gasteiger partial charge in [0, 0.05) is 11.3 Å². The van der Waals surface area contributed by atoms with Gasteiger partial charge in [-0.2, -0.15) is 0 Å². The Morgan fingerprint density at radius 2 is 1.63 bits per heavy atom. The fourth-order valence-corrected chi connectivity index (χ4v) is 2.31. The number of aromatic nitrogens is 1. The second-order valence-electron chi connectivity index (χ2n) is 5.83. The van der Waals surface area contributed by atoms with Crippen LogP contribution in [-0.4, -0.2) is 4.98 Å². The molecule has 0 saturated carbocycles. The Labute approximate surface area is 116 Å². The van der Waals surface area contributed by atoms with E-state index in [4.69, 9.17) is 4.98 Å². The first-order valence-electron chi connectivity index (χ1n) is 7.07. The molecule has 100 valence electrons. The van der Waals surface area contributed by atoms with Gasteiger partial charge in [-0.25, -0.2) is 0 Å². The van der Waals surface area contributed by atoms with Crippen molar-refractivity contribution in [2.75, 3.05) is 0 Å². The fourth-order valence-electron chi connectivity index (χ4n) is 2.31. The smallest absolute Gasteiger partial charge is 0.0739 e. The van der Waals surface area contributed by atoms with Crippen LogP contribution in [0.1, 0.15) is 56.4 Å². The molecule has 1 aromatic heterocycles. The van der Waals surface area contributed by atoms with E-state index in [9.17, 15) is 0 Å². The lowest BCUT2D eigenvalue weighted by atomic mass is 9.94. The maximum atomic E-state index is 4.77. The molecule has 0 saturated heterocycles. The number of rotatable bonds is 3. The molecular formula is C18H23N.